The fraction of sp³-hybridized carbons (Fsp3) is 0.714. The number of hydrogen-bond donors (Lipinski definition) is 1. The van der Waals surface area contributed by atoms with Gasteiger partial charge < -0.3 is 10.1 Å². The van der Waals surface area contributed by atoms with Crippen LogP contribution in [0.2, 0.25) is 0 Å². The molecule has 0 radical (unpaired) electrons. The van der Waals surface area contributed by atoms with E-state index in [0.717, 1.165) is 70.8 Å². The molecule has 1 atom stereocenters. The summed E-state index contributed by atoms with van der Waals surface area (Å²) < 4.78 is 34.1. The molecule has 2 fully saturated rings. The van der Waals surface area contributed by atoms with Crippen molar-refractivity contribution >= 4 is 22.4 Å². The fourth-order valence-corrected chi connectivity index (χ4v) is 5.71. The predicted octanol–water partition coefficient (Wildman–Crippen LogP) is 2.70. The Morgan fingerprint density at radius 3 is 2.48 bits per heavy atom. The minimum Gasteiger partial charge on any atom is -0.379 e. The second kappa shape index (κ2) is 11.6. The Balaban J connectivity index is 0.00000300. The van der Waals surface area contributed by atoms with Crippen LogP contribution in [0.15, 0.2) is 29.2 Å². The SMILES string of the molecule is CC(C)c1ccc(S(=O)(=O)N(CCCN2CCOCC2)C2CCCNC2)cc1.Cl. The maximum atomic E-state index is 13.5. The molecular formula is C21H36ClN3O3S. The van der Waals surface area contributed by atoms with Crippen molar-refractivity contribution in [3.8, 4) is 0 Å². The maximum absolute atomic E-state index is 13.5. The van der Waals surface area contributed by atoms with E-state index in [9.17, 15) is 8.42 Å². The second-order valence-electron chi connectivity index (χ2n) is 8.15. The summed E-state index contributed by atoms with van der Waals surface area (Å²) in [5, 5.41) is 3.37. The molecule has 0 saturated carbocycles. The van der Waals surface area contributed by atoms with Gasteiger partial charge in [0, 0.05) is 32.2 Å². The highest BCUT2D eigenvalue weighted by Crippen LogP contribution is 2.24. The molecule has 0 bridgehead atoms. The average Bonchev–Trinajstić information content (AvgIpc) is 2.72. The Hall–Kier alpha value is -0.700. The van der Waals surface area contributed by atoms with Crippen molar-refractivity contribution in [3.63, 3.8) is 0 Å². The number of piperidine rings is 1. The van der Waals surface area contributed by atoms with Crippen LogP contribution in [0.25, 0.3) is 0 Å². The maximum Gasteiger partial charge on any atom is 0.243 e. The molecule has 8 heteroatoms. The summed E-state index contributed by atoms with van der Waals surface area (Å²) in [4.78, 5) is 2.78. The largest absolute Gasteiger partial charge is 0.379 e. The Kier molecular flexibility index (Phi) is 9.85. The van der Waals surface area contributed by atoms with Gasteiger partial charge in [-0.3, -0.25) is 4.90 Å². The van der Waals surface area contributed by atoms with E-state index in [1.165, 1.54) is 0 Å². The Morgan fingerprint density at radius 1 is 1.21 bits per heavy atom. The topological polar surface area (TPSA) is 61.9 Å². The fourth-order valence-electron chi connectivity index (χ4n) is 4.01. The van der Waals surface area contributed by atoms with E-state index in [4.69, 9.17) is 4.74 Å². The van der Waals surface area contributed by atoms with Crippen molar-refractivity contribution in [2.75, 3.05) is 52.5 Å². The van der Waals surface area contributed by atoms with Crippen LogP contribution in [0.3, 0.4) is 0 Å². The van der Waals surface area contributed by atoms with E-state index in [1.54, 1.807) is 16.4 Å². The van der Waals surface area contributed by atoms with Crippen LogP contribution in [0.1, 0.15) is 44.6 Å². The number of rotatable bonds is 8. The van der Waals surface area contributed by atoms with Crippen molar-refractivity contribution in [3.05, 3.63) is 29.8 Å². The third-order valence-corrected chi connectivity index (χ3v) is 7.75. The van der Waals surface area contributed by atoms with Crippen LogP contribution < -0.4 is 5.32 Å². The highest BCUT2D eigenvalue weighted by atomic mass is 35.5. The number of ether oxygens (including phenoxy) is 1. The summed E-state index contributed by atoms with van der Waals surface area (Å²) in [6, 6.07) is 7.48. The second-order valence-corrected chi connectivity index (χ2v) is 10.0. The number of nitrogens with one attached hydrogen (secondary N) is 1. The minimum atomic E-state index is -3.50. The monoisotopic (exact) mass is 445 g/mol. The lowest BCUT2D eigenvalue weighted by Gasteiger charge is -2.34. The van der Waals surface area contributed by atoms with E-state index in [1.807, 2.05) is 12.1 Å². The molecule has 1 aromatic carbocycles. The van der Waals surface area contributed by atoms with E-state index in [0.29, 0.717) is 17.4 Å². The van der Waals surface area contributed by atoms with Crippen LogP contribution in [-0.4, -0.2) is 76.1 Å². The van der Waals surface area contributed by atoms with Gasteiger partial charge >= 0.3 is 0 Å². The van der Waals surface area contributed by atoms with Gasteiger partial charge in [0.1, 0.15) is 0 Å². The summed E-state index contributed by atoms with van der Waals surface area (Å²) in [6.45, 7) is 10.9. The number of sulfonamides is 1. The molecule has 1 N–H and O–H groups in total. The van der Waals surface area contributed by atoms with Crippen molar-refractivity contribution in [1.82, 2.24) is 14.5 Å². The quantitative estimate of drug-likeness (QED) is 0.666. The normalized spacial score (nSPS) is 21.3. The minimum absolute atomic E-state index is 0. The molecule has 0 aliphatic carbocycles. The zero-order chi connectivity index (χ0) is 20.0. The van der Waals surface area contributed by atoms with Gasteiger partial charge in [-0.25, -0.2) is 8.42 Å². The molecule has 3 rings (SSSR count). The predicted molar refractivity (Wildman–Crippen MR) is 119 cm³/mol. The summed E-state index contributed by atoms with van der Waals surface area (Å²) in [7, 11) is -3.50. The summed E-state index contributed by atoms with van der Waals surface area (Å²) in [5.74, 6) is 0.393. The van der Waals surface area contributed by atoms with Gasteiger partial charge in [0.2, 0.25) is 10.0 Å². The van der Waals surface area contributed by atoms with Gasteiger partial charge in [0.15, 0.2) is 0 Å². The van der Waals surface area contributed by atoms with Gasteiger partial charge in [0.25, 0.3) is 0 Å². The lowest BCUT2D eigenvalue weighted by Crippen LogP contribution is -2.49. The number of nitrogens with zero attached hydrogens (tertiary/aromatic N) is 2. The summed E-state index contributed by atoms with van der Waals surface area (Å²) in [6.07, 6.45) is 2.79. The van der Waals surface area contributed by atoms with E-state index in [2.05, 4.69) is 24.1 Å². The highest BCUT2D eigenvalue weighted by Gasteiger charge is 2.32. The molecule has 29 heavy (non-hydrogen) atoms. The van der Waals surface area contributed by atoms with Crippen molar-refractivity contribution in [2.24, 2.45) is 0 Å². The first-order valence-corrected chi connectivity index (χ1v) is 12.0. The number of hydrogen-bond acceptors (Lipinski definition) is 5. The van der Waals surface area contributed by atoms with Gasteiger partial charge in [-0.15, -0.1) is 12.4 Å². The van der Waals surface area contributed by atoms with Gasteiger partial charge in [-0.2, -0.15) is 4.31 Å². The molecule has 0 aromatic heterocycles. The number of benzene rings is 1. The summed E-state index contributed by atoms with van der Waals surface area (Å²) >= 11 is 0. The first kappa shape index (κ1) is 24.6. The molecule has 2 saturated heterocycles. The van der Waals surface area contributed by atoms with Crippen LogP contribution in [0.5, 0.6) is 0 Å². The molecule has 166 valence electrons. The van der Waals surface area contributed by atoms with Crippen molar-refractivity contribution in [2.45, 2.75) is 50.0 Å². The average molecular weight is 446 g/mol. The third-order valence-electron chi connectivity index (χ3n) is 5.79. The highest BCUT2D eigenvalue weighted by molar-refractivity contribution is 7.89. The molecule has 2 aliphatic rings. The first-order chi connectivity index (χ1) is 13.5. The Bertz CT molecular complexity index is 700. The van der Waals surface area contributed by atoms with Crippen LogP contribution >= 0.6 is 12.4 Å². The molecule has 1 unspecified atom stereocenters. The molecule has 6 nitrogen and oxygen atoms in total. The van der Waals surface area contributed by atoms with Crippen molar-refractivity contribution in [1.29, 1.82) is 0 Å². The summed E-state index contributed by atoms with van der Waals surface area (Å²) in [5.41, 5.74) is 1.16. The van der Waals surface area contributed by atoms with Gasteiger partial charge in [0.05, 0.1) is 18.1 Å². The lowest BCUT2D eigenvalue weighted by molar-refractivity contribution is 0.0365. The smallest absolute Gasteiger partial charge is 0.243 e. The van der Waals surface area contributed by atoms with Gasteiger partial charge in [-0.1, -0.05) is 26.0 Å². The molecule has 2 aliphatic heterocycles. The zero-order valence-electron chi connectivity index (χ0n) is 17.7. The molecule has 0 amide bonds. The van der Waals surface area contributed by atoms with Crippen LogP contribution in [-0.2, 0) is 14.8 Å². The van der Waals surface area contributed by atoms with E-state index >= 15 is 0 Å². The lowest BCUT2D eigenvalue weighted by atomic mass is 10.0. The number of morpholine rings is 1. The first-order valence-electron chi connectivity index (χ1n) is 10.6. The Labute approximate surface area is 182 Å². The van der Waals surface area contributed by atoms with E-state index in [-0.39, 0.29) is 18.4 Å². The zero-order valence-corrected chi connectivity index (χ0v) is 19.3. The van der Waals surface area contributed by atoms with Crippen molar-refractivity contribution < 1.29 is 13.2 Å². The van der Waals surface area contributed by atoms with E-state index < -0.39 is 10.0 Å². The number of halogens is 1. The molecule has 0 spiro atoms. The molecular weight excluding hydrogens is 410 g/mol. The van der Waals surface area contributed by atoms with Crippen LogP contribution in [0.4, 0.5) is 0 Å². The van der Waals surface area contributed by atoms with Crippen LogP contribution in [0, 0.1) is 0 Å². The molecule has 2 heterocycles. The van der Waals surface area contributed by atoms with Gasteiger partial charge in [-0.05, 0) is 56.0 Å². The molecule has 1 aromatic rings. The Morgan fingerprint density at radius 2 is 1.90 bits per heavy atom. The standard InChI is InChI=1S/C21H35N3O3S.ClH/c1-18(2)19-6-8-21(9-7-19)28(25,26)24(20-5-3-10-22-17-20)12-4-11-23-13-15-27-16-14-23;/h6-9,18,20,22H,3-5,10-17H2,1-2H3;1H. The third kappa shape index (κ3) is 6.64.